The number of nitrogens with zero attached hydrogens (tertiary/aromatic N) is 2. The minimum absolute atomic E-state index is 0.0967. The molecule has 28 heavy (non-hydrogen) atoms. The Hall–Kier alpha value is -3.06. The van der Waals surface area contributed by atoms with Crippen molar-refractivity contribution in [2.24, 2.45) is 0 Å². The number of ether oxygens (including phenoxy) is 1. The molecule has 1 aliphatic rings. The molecule has 146 valence electrons. The van der Waals surface area contributed by atoms with Crippen molar-refractivity contribution in [1.29, 1.82) is 0 Å². The van der Waals surface area contributed by atoms with Gasteiger partial charge < -0.3 is 18.5 Å². The van der Waals surface area contributed by atoms with Crippen molar-refractivity contribution in [3.63, 3.8) is 0 Å². The molecule has 3 heterocycles. The summed E-state index contributed by atoms with van der Waals surface area (Å²) < 4.78 is 16.4. The Balaban J connectivity index is 1.48. The second kappa shape index (κ2) is 7.90. The standard InChI is InChI=1S/C21H22N2O5/c1-2-26-21(25)19-15-6-3-4-7-16(15)28-18(19)14-22-9-11-23(12-10-22)20(24)17-8-5-13-27-17/h3-8,13H,2,9-12,14H2,1H3. The van der Waals surface area contributed by atoms with Gasteiger partial charge in [0.15, 0.2) is 5.76 Å². The normalized spacial score (nSPS) is 15.1. The molecule has 0 saturated carbocycles. The largest absolute Gasteiger partial charge is 0.462 e. The van der Waals surface area contributed by atoms with Gasteiger partial charge in [0.25, 0.3) is 5.91 Å². The number of fused-ring (bicyclic) bond motifs is 1. The second-order valence-electron chi connectivity index (χ2n) is 6.66. The van der Waals surface area contributed by atoms with Gasteiger partial charge in [-0.05, 0) is 25.1 Å². The zero-order valence-corrected chi connectivity index (χ0v) is 15.7. The molecule has 0 atom stereocenters. The zero-order chi connectivity index (χ0) is 19.5. The number of esters is 1. The third-order valence-electron chi connectivity index (χ3n) is 4.91. The molecule has 0 N–H and O–H groups in total. The fraction of sp³-hybridized carbons (Fsp3) is 0.333. The molecule has 1 amide bonds. The summed E-state index contributed by atoms with van der Waals surface area (Å²) in [7, 11) is 0. The highest BCUT2D eigenvalue weighted by molar-refractivity contribution is 6.04. The molecule has 0 bridgehead atoms. The van der Waals surface area contributed by atoms with Crippen LogP contribution in [0.5, 0.6) is 0 Å². The van der Waals surface area contributed by atoms with Gasteiger partial charge in [0, 0.05) is 31.6 Å². The first-order valence-corrected chi connectivity index (χ1v) is 9.40. The van der Waals surface area contributed by atoms with E-state index in [2.05, 4.69) is 4.90 Å². The molecule has 7 heteroatoms. The summed E-state index contributed by atoms with van der Waals surface area (Å²) in [6.45, 7) is 5.15. The van der Waals surface area contributed by atoms with Gasteiger partial charge in [0.1, 0.15) is 16.9 Å². The molecular weight excluding hydrogens is 360 g/mol. The Labute approximate surface area is 162 Å². The molecule has 7 nitrogen and oxygen atoms in total. The van der Waals surface area contributed by atoms with Crippen molar-refractivity contribution in [1.82, 2.24) is 9.80 Å². The number of benzene rings is 1. The van der Waals surface area contributed by atoms with Crippen LogP contribution in [0.2, 0.25) is 0 Å². The number of para-hydroxylation sites is 1. The van der Waals surface area contributed by atoms with Gasteiger partial charge in [-0.25, -0.2) is 4.79 Å². The van der Waals surface area contributed by atoms with E-state index < -0.39 is 0 Å². The maximum absolute atomic E-state index is 12.5. The number of furan rings is 2. The third-order valence-corrected chi connectivity index (χ3v) is 4.91. The van der Waals surface area contributed by atoms with E-state index in [1.54, 1.807) is 24.0 Å². The highest BCUT2D eigenvalue weighted by atomic mass is 16.5. The van der Waals surface area contributed by atoms with Crippen LogP contribution in [0.4, 0.5) is 0 Å². The van der Waals surface area contributed by atoms with Gasteiger partial charge in [-0.3, -0.25) is 9.69 Å². The minimum Gasteiger partial charge on any atom is -0.462 e. The van der Waals surface area contributed by atoms with Gasteiger partial charge in [0.2, 0.25) is 0 Å². The van der Waals surface area contributed by atoms with Crippen LogP contribution in [-0.2, 0) is 11.3 Å². The summed E-state index contributed by atoms with van der Waals surface area (Å²) in [6, 6.07) is 10.9. The van der Waals surface area contributed by atoms with Crippen LogP contribution in [0.1, 0.15) is 33.6 Å². The fourth-order valence-electron chi connectivity index (χ4n) is 3.50. The summed E-state index contributed by atoms with van der Waals surface area (Å²) in [4.78, 5) is 28.8. The van der Waals surface area contributed by atoms with Crippen LogP contribution in [0.25, 0.3) is 11.0 Å². The van der Waals surface area contributed by atoms with Crippen molar-refractivity contribution in [2.45, 2.75) is 13.5 Å². The first-order valence-electron chi connectivity index (χ1n) is 9.40. The molecule has 0 spiro atoms. The molecule has 1 aliphatic heterocycles. The zero-order valence-electron chi connectivity index (χ0n) is 15.7. The van der Waals surface area contributed by atoms with Crippen LogP contribution in [0.3, 0.4) is 0 Å². The maximum Gasteiger partial charge on any atom is 0.342 e. The van der Waals surface area contributed by atoms with Crippen molar-refractivity contribution in [3.8, 4) is 0 Å². The number of piperazine rings is 1. The minimum atomic E-state index is -0.367. The topological polar surface area (TPSA) is 76.1 Å². The molecule has 2 aromatic heterocycles. The molecule has 0 unspecified atom stereocenters. The molecule has 0 radical (unpaired) electrons. The Kier molecular flexibility index (Phi) is 5.16. The first-order chi connectivity index (χ1) is 13.7. The van der Waals surface area contributed by atoms with Crippen LogP contribution >= 0.6 is 0 Å². The summed E-state index contributed by atoms with van der Waals surface area (Å²) in [5.74, 6) is 0.496. The summed E-state index contributed by atoms with van der Waals surface area (Å²) in [5.41, 5.74) is 1.17. The SMILES string of the molecule is CCOC(=O)c1c(CN2CCN(C(=O)c3ccco3)CC2)oc2ccccc12. The third kappa shape index (κ3) is 3.53. The number of carbonyl (C=O) groups is 2. The second-order valence-corrected chi connectivity index (χ2v) is 6.66. The molecule has 1 fully saturated rings. The lowest BCUT2D eigenvalue weighted by Crippen LogP contribution is -2.48. The number of hydrogen-bond acceptors (Lipinski definition) is 6. The molecule has 3 aromatic rings. The van der Waals surface area contributed by atoms with Crippen LogP contribution in [-0.4, -0.2) is 54.5 Å². The Bertz CT molecular complexity index is 968. The lowest BCUT2D eigenvalue weighted by molar-refractivity contribution is 0.0521. The van der Waals surface area contributed by atoms with Gasteiger partial charge in [-0.2, -0.15) is 0 Å². The number of carbonyl (C=O) groups excluding carboxylic acids is 2. The molecule has 4 rings (SSSR count). The molecule has 1 saturated heterocycles. The average molecular weight is 382 g/mol. The predicted molar refractivity (Wildman–Crippen MR) is 102 cm³/mol. The lowest BCUT2D eigenvalue weighted by Gasteiger charge is -2.33. The van der Waals surface area contributed by atoms with E-state index in [9.17, 15) is 9.59 Å². The van der Waals surface area contributed by atoms with E-state index >= 15 is 0 Å². The van der Waals surface area contributed by atoms with E-state index in [0.717, 1.165) is 5.39 Å². The van der Waals surface area contributed by atoms with Crippen molar-refractivity contribution >= 4 is 22.8 Å². The Morgan fingerprint density at radius 3 is 2.57 bits per heavy atom. The van der Waals surface area contributed by atoms with E-state index in [1.807, 2.05) is 24.3 Å². The summed E-state index contributed by atoms with van der Waals surface area (Å²) >= 11 is 0. The van der Waals surface area contributed by atoms with Gasteiger partial charge >= 0.3 is 5.97 Å². The first kappa shape index (κ1) is 18.3. The number of hydrogen-bond donors (Lipinski definition) is 0. The Morgan fingerprint density at radius 2 is 1.86 bits per heavy atom. The average Bonchev–Trinajstić information content (AvgIpc) is 3.36. The maximum atomic E-state index is 12.5. The lowest BCUT2D eigenvalue weighted by atomic mass is 10.1. The van der Waals surface area contributed by atoms with E-state index in [1.165, 1.54) is 6.26 Å². The number of amides is 1. The van der Waals surface area contributed by atoms with Gasteiger partial charge in [-0.1, -0.05) is 18.2 Å². The van der Waals surface area contributed by atoms with E-state index in [4.69, 9.17) is 13.6 Å². The van der Waals surface area contributed by atoms with Crippen LogP contribution in [0, 0.1) is 0 Å². The number of rotatable bonds is 5. The highest BCUT2D eigenvalue weighted by Gasteiger charge is 2.27. The fourth-order valence-corrected chi connectivity index (χ4v) is 3.50. The van der Waals surface area contributed by atoms with Crippen molar-refractivity contribution in [2.75, 3.05) is 32.8 Å². The Morgan fingerprint density at radius 1 is 1.07 bits per heavy atom. The highest BCUT2D eigenvalue weighted by Crippen LogP contribution is 2.28. The van der Waals surface area contributed by atoms with Gasteiger partial charge in [0.05, 0.1) is 19.4 Å². The van der Waals surface area contributed by atoms with Crippen molar-refractivity contribution < 1.29 is 23.2 Å². The molecule has 1 aromatic carbocycles. The molecular formula is C21H22N2O5. The monoisotopic (exact) mass is 382 g/mol. The van der Waals surface area contributed by atoms with Gasteiger partial charge in [-0.15, -0.1) is 0 Å². The van der Waals surface area contributed by atoms with Crippen LogP contribution < -0.4 is 0 Å². The smallest absolute Gasteiger partial charge is 0.342 e. The quantitative estimate of drug-likeness (QED) is 0.631. The van der Waals surface area contributed by atoms with Crippen molar-refractivity contribution in [3.05, 3.63) is 59.7 Å². The predicted octanol–water partition coefficient (Wildman–Crippen LogP) is 3.16. The molecule has 0 aliphatic carbocycles. The summed E-state index contributed by atoms with van der Waals surface area (Å²) in [5, 5.41) is 0.766. The van der Waals surface area contributed by atoms with Crippen LogP contribution in [0.15, 0.2) is 51.5 Å². The van der Waals surface area contributed by atoms with E-state index in [-0.39, 0.29) is 11.9 Å². The van der Waals surface area contributed by atoms with E-state index in [0.29, 0.717) is 62.0 Å². The summed E-state index contributed by atoms with van der Waals surface area (Å²) in [6.07, 6.45) is 1.50.